The van der Waals surface area contributed by atoms with Gasteiger partial charge in [0.15, 0.2) is 0 Å². The Hall–Kier alpha value is -2.27. The standard InChI is InChI=1S/C23H28FN3O/c24-20-5-3-4-19(16-20)17-26-14-10-23(11-15-26)9-7-22(28)27(18-23)13-8-21-6-1-2-12-25-21/h1-6,12,16H,7-11,13-15,17-18H2. The van der Waals surface area contributed by atoms with Crippen LogP contribution >= 0.6 is 0 Å². The van der Waals surface area contributed by atoms with Crippen LogP contribution in [0.3, 0.4) is 0 Å². The molecule has 1 amide bonds. The van der Waals surface area contributed by atoms with Crippen LogP contribution in [0, 0.1) is 11.2 Å². The van der Waals surface area contributed by atoms with Crippen LogP contribution in [0.1, 0.15) is 36.9 Å². The average molecular weight is 381 g/mol. The maximum absolute atomic E-state index is 13.4. The second-order valence-corrected chi connectivity index (χ2v) is 8.29. The SMILES string of the molecule is O=C1CCC2(CCN(Cc3cccc(F)c3)CC2)CN1CCc1ccccn1. The van der Waals surface area contributed by atoms with Gasteiger partial charge in [-0.05, 0) is 67.6 Å². The molecule has 0 unspecified atom stereocenters. The molecule has 0 atom stereocenters. The van der Waals surface area contributed by atoms with Crippen LogP contribution in [0.5, 0.6) is 0 Å². The van der Waals surface area contributed by atoms with E-state index < -0.39 is 0 Å². The summed E-state index contributed by atoms with van der Waals surface area (Å²) in [5.41, 5.74) is 2.32. The first-order valence-corrected chi connectivity index (χ1v) is 10.3. The minimum atomic E-state index is -0.166. The highest BCUT2D eigenvalue weighted by atomic mass is 19.1. The topological polar surface area (TPSA) is 36.4 Å². The Morgan fingerprint density at radius 3 is 2.68 bits per heavy atom. The van der Waals surface area contributed by atoms with Crippen molar-refractivity contribution in [2.75, 3.05) is 26.2 Å². The van der Waals surface area contributed by atoms with Gasteiger partial charge < -0.3 is 4.90 Å². The summed E-state index contributed by atoms with van der Waals surface area (Å²) in [6.45, 7) is 4.45. The molecule has 2 fully saturated rings. The Bertz CT molecular complexity index is 803. The van der Waals surface area contributed by atoms with Gasteiger partial charge in [-0.15, -0.1) is 0 Å². The van der Waals surface area contributed by atoms with Gasteiger partial charge in [0.2, 0.25) is 5.91 Å². The first kappa shape index (κ1) is 19.1. The summed E-state index contributed by atoms with van der Waals surface area (Å²) in [5, 5.41) is 0. The number of piperidine rings is 2. The molecular weight excluding hydrogens is 353 g/mol. The van der Waals surface area contributed by atoms with Gasteiger partial charge in [-0.3, -0.25) is 14.7 Å². The maximum Gasteiger partial charge on any atom is 0.222 e. The molecular formula is C23H28FN3O. The molecule has 5 heteroatoms. The van der Waals surface area contributed by atoms with Gasteiger partial charge in [0.05, 0.1) is 0 Å². The quantitative estimate of drug-likeness (QED) is 0.793. The third-order valence-corrected chi connectivity index (χ3v) is 6.32. The molecule has 4 nitrogen and oxygen atoms in total. The van der Waals surface area contributed by atoms with Crippen molar-refractivity contribution in [3.05, 3.63) is 65.7 Å². The number of likely N-dealkylation sites (tertiary alicyclic amines) is 2. The van der Waals surface area contributed by atoms with Crippen LogP contribution < -0.4 is 0 Å². The average Bonchev–Trinajstić information content (AvgIpc) is 2.72. The van der Waals surface area contributed by atoms with E-state index in [1.807, 2.05) is 30.5 Å². The number of benzene rings is 1. The molecule has 1 aromatic carbocycles. The molecule has 28 heavy (non-hydrogen) atoms. The lowest BCUT2D eigenvalue weighted by atomic mass is 9.72. The number of amides is 1. The van der Waals surface area contributed by atoms with Crippen molar-refractivity contribution in [1.82, 2.24) is 14.8 Å². The summed E-state index contributed by atoms with van der Waals surface area (Å²) in [6, 6.07) is 12.8. The Kier molecular flexibility index (Phi) is 5.72. The lowest BCUT2D eigenvalue weighted by molar-refractivity contribution is -0.139. The predicted molar refractivity (Wildman–Crippen MR) is 107 cm³/mol. The normalized spacial score (nSPS) is 19.9. The number of halogens is 1. The van der Waals surface area contributed by atoms with E-state index in [2.05, 4.69) is 14.8 Å². The van der Waals surface area contributed by atoms with Crippen LogP contribution in [0.2, 0.25) is 0 Å². The number of hydrogen-bond acceptors (Lipinski definition) is 3. The van der Waals surface area contributed by atoms with Gasteiger partial charge in [0.1, 0.15) is 5.82 Å². The van der Waals surface area contributed by atoms with E-state index in [4.69, 9.17) is 0 Å². The summed E-state index contributed by atoms with van der Waals surface area (Å²) < 4.78 is 13.4. The van der Waals surface area contributed by atoms with Gasteiger partial charge >= 0.3 is 0 Å². The van der Waals surface area contributed by atoms with Crippen LogP contribution in [0.15, 0.2) is 48.7 Å². The fourth-order valence-corrected chi connectivity index (χ4v) is 4.59. The Morgan fingerprint density at radius 2 is 1.93 bits per heavy atom. The molecule has 2 aliphatic heterocycles. The number of hydrogen-bond donors (Lipinski definition) is 0. The monoisotopic (exact) mass is 381 g/mol. The third kappa shape index (κ3) is 4.58. The second kappa shape index (κ2) is 8.39. The summed E-state index contributed by atoms with van der Waals surface area (Å²) in [4.78, 5) is 21.3. The molecule has 4 rings (SSSR count). The highest BCUT2D eigenvalue weighted by Gasteiger charge is 2.40. The van der Waals surface area contributed by atoms with Crippen molar-refractivity contribution in [3.63, 3.8) is 0 Å². The van der Waals surface area contributed by atoms with Crippen molar-refractivity contribution in [1.29, 1.82) is 0 Å². The zero-order valence-corrected chi connectivity index (χ0v) is 16.3. The number of rotatable bonds is 5. The Labute approximate surface area is 166 Å². The van der Waals surface area contributed by atoms with Crippen molar-refractivity contribution in [2.24, 2.45) is 5.41 Å². The molecule has 3 heterocycles. The van der Waals surface area contributed by atoms with Gasteiger partial charge in [-0.25, -0.2) is 4.39 Å². The predicted octanol–water partition coefficient (Wildman–Crippen LogP) is 3.67. The van der Waals surface area contributed by atoms with Crippen molar-refractivity contribution in [3.8, 4) is 0 Å². The van der Waals surface area contributed by atoms with Gasteiger partial charge in [-0.1, -0.05) is 18.2 Å². The second-order valence-electron chi connectivity index (χ2n) is 8.29. The van der Waals surface area contributed by atoms with Crippen LogP contribution in [-0.2, 0) is 17.8 Å². The minimum absolute atomic E-state index is 0.166. The van der Waals surface area contributed by atoms with E-state index in [0.717, 1.165) is 69.7 Å². The fraction of sp³-hybridized carbons (Fsp3) is 0.478. The van der Waals surface area contributed by atoms with Crippen molar-refractivity contribution < 1.29 is 9.18 Å². The smallest absolute Gasteiger partial charge is 0.222 e. The van der Waals surface area contributed by atoms with Gasteiger partial charge in [0, 0.05) is 44.4 Å². The molecule has 148 valence electrons. The molecule has 0 N–H and O–H groups in total. The zero-order chi connectivity index (χ0) is 19.4. The molecule has 1 aromatic heterocycles. The first-order valence-electron chi connectivity index (χ1n) is 10.3. The maximum atomic E-state index is 13.4. The van der Waals surface area contributed by atoms with E-state index >= 15 is 0 Å². The van der Waals surface area contributed by atoms with Gasteiger partial charge in [-0.2, -0.15) is 0 Å². The molecule has 0 aliphatic carbocycles. The van der Waals surface area contributed by atoms with E-state index in [9.17, 15) is 9.18 Å². The highest BCUT2D eigenvalue weighted by molar-refractivity contribution is 5.77. The number of pyridine rings is 1. The van der Waals surface area contributed by atoms with E-state index in [-0.39, 0.29) is 17.1 Å². The first-order chi connectivity index (χ1) is 13.6. The molecule has 2 aromatic rings. The number of nitrogens with zero attached hydrogens (tertiary/aromatic N) is 3. The van der Waals surface area contributed by atoms with Crippen LogP contribution in [-0.4, -0.2) is 46.9 Å². The van der Waals surface area contributed by atoms with Gasteiger partial charge in [0.25, 0.3) is 0 Å². The summed E-state index contributed by atoms with van der Waals surface area (Å²) >= 11 is 0. The third-order valence-electron chi connectivity index (χ3n) is 6.32. The van der Waals surface area contributed by atoms with Crippen molar-refractivity contribution in [2.45, 2.75) is 38.6 Å². The minimum Gasteiger partial charge on any atom is -0.342 e. The molecule has 0 bridgehead atoms. The number of carbonyl (C=O) groups is 1. The Morgan fingerprint density at radius 1 is 1.07 bits per heavy atom. The molecule has 2 aliphatic rings. The van der Waals surface area contributed by atoms with Crippen molar-refractivity contribution >= 4 is 5.91 Å². The summed E-state index contributed by atoms with van der Waals surface area (Å²) in [5.74, 6) is 0.115. The molecule has 2 saturated heterocycles. The van der Waals surface area contributed by atoms with Crippen LogP contribution in [0.25, 0.3) is 0 Å². The number of carbonyl (C=O) groups excluding carboxylic acids is 1. The number of aromatic nitrogens is 1. The lowest BCUT2D eigenvalue weighted by Gasteiger charge is -2.47. The fourth-order valence-electron chi connectivity index (χ4n) is 4.59. The van der Waals surface area contributed by atoms with E-state index in [0.29, 0.717) is 6.42 Å². The highest BCUT2D eigenvalue weighted by Crippen LogP contribution is 2.40. The molecule has 0 radical (unpaired) electrons. The van der Waals surface area contributed by atoms with E-state index in [1.54, 1.807) is 12.1 Å². The molecule has 1 spiro atoms. The Balaban J connectivity index is 1.32. The lowest BCUT2D eigenvalue weighted by Crippen LogP contribution is -2.51. The molecule has 0 saturated carbocycles. The largest absolute Gasteiger partial charge is 0.342 e. The summed E-state index contributed by atoms with van der Waals surface area (Å²) in [7, 11) is 0. The zero-order valence-electron chi connectivity index (χ0n) is 16.3. The van der Waals surface area contributed by atoms with E-state index in [1.165, 1.54) is 6.07 Å². The summed E-state index contributed by atoms with van der Waals surface area (Å²) in [6.07, 6.45) is 6.49. The van der Waals surface area contributed by atoms with Crippen LogP contribution in [0.4, 0.5) is 4.39 Å².